The van der Waals surface area contributed by atoms with E-state index in [4.69, 9.17) is 26.1 Å². The molecule has 10 nitrogen and oxygen atoms in total. The van der Waals surface area contributed by atoms with Crippen LogP contribution < -0.4 is 14.5 Å². The molecule has 0 radical (unpaired) electrons. The second kappa shape index (κ2) is 12.4. The van der Waals surface area contributed by atoms with Crippen LogP contribution in [0.5, 0.6) is 5.75 Å². The first-order valence-electron chi connectivity index (χ1n) is 14.1. The molecular weight excluding hydrogens is 592 g/mol. The molecule has 0 saturated carbocycles. The van der Waals surface area contributed by atoms with Crippen molar-refractivity contribution in [3.8, 4) is 16.9 Å². The van der Waals surface area contributed by atoms with E-state index >= 15 is 8.78 Å². The number of hydrogen-bond donors (Lipinski definition) is 0. The zero-order valence-electron chi connectivity index (χ0n) is 25.4. The second-order valence-electron chi connectivity index (χ2n) is 11.6. The highest BCUT2D eigenvalue weighted by atomic mass is 35.5. The van der Waals surface area contributed by atoms with Gasteiger partial charge in [-0.15, -0.1) is 0 Å². The lowest BCUT2D eigenvalue weighted by Crippen LogP contribution is -2.55. The van der Waals surface area contributed by atoms with E-state index in [0.29, 0.717) is 36.8 Å². The Morgan fingerprint density at radius 3 is 2.50 bits per heavy atom. The van der Waals surface area contributed by atoms with Crippen LogP contribution in [0.1, 0.15) is 33.5 Å². The molecule has 4 aromatic rings. The highest BCUT2D eigenvalue weighted by Gasteiger charge is 2.33. The molecule has 0 unspecified atom stereocenters. The molecule has 3 heterocycles. The summed E-state index contributed by atoms with van der Waals surface area (Å²) in [5, 5.41) is 0.332. The van der Waals surface area contributed by atoms with Crippen molar-refractivity contribution >= 4 is 40.4 Å². The smallest absolute Gasteiger partial charge is 0.410 e. The number of piperazine rings is 1. The number of nitrogens with zero attached hydrogens (tertiary/aromatic N) is 7. The Morgan fingerprint density at radius 2 is 1.84 bits per heavy atom. The number of benzene rings is 2. The highest BCUT2D eigenvalue weighted by Crippen LogP contribution is 2.43. The zero-order valence-corrected chi connectivity index (χ0v) is 26.2. The number of hydrogen-bond acceptors (Lipinski definition) is 9. The van der Waals surface area contributed by atoms with Crippen molar-refractivity contribution in [3.05, 3.63) is 65.2 Å². The largest absolute Gasteiger partial charge is 0.496 e. The molecule has 0 N–H and O–H groups in total. The van der Waals surface area contributed by atoms with Gasteiger partial charge < -0.3 is 24.2 Å². The van der Waals surface area contributed by atoms with Crippen LogP contribution >= 0.6 is 11.6 Å². The van der Waals surface area contributed by atoms with Crippen LogP contribution in [-0.4, -0.2) is 76.4 Å². The number of anilines is 2. The molecule has 13 heteroatoms. The van der Waals surface area contributed by atoms with Crippen molar-refractivity contribution in [3.63, 3.8) is 0 Å². The molecule has 0 aliphatic carbocycles. The molecule has 232 valence electrons. The summed E-state index contributed by atoms with van der Waals surface area (Å²) in [6, 6.07) is 7.25. The van der Waals surface area contributed by atoms with Crippen LogP contribution in [0.15, 0.2) is 42.7 Å². The van der Waals surface area contributed by atoms with Gasteiger partial charge >= 0.3 is 6.09 Å². The number of carbonyl (C=O) groups excluding carboxylic acids is 1. The first-order valence-corrected chi connectivity index (χ1v) is 14.5. The number of ether oxygens (including phenoxy) is 2. The van der Waals surface area contributed by atoms with Gasteiger partial charge in [0.2, 0.25) is 5.95 Å². The monoisotopic (exact) mass is 625 g/mol. The van der Waals surface area contributed by atoms with Crippen molar-refractivity contribution in [1.82, 2.24) is 24.8 Å². The molecule has 0 spiro atoms. The van der Waals surface area contributed by atoms with Gasteiger partial charge in [0, 0.05) is 56.1 Å². The number of methoxy groups -OCH3 is 1. The van der Waals surface area contributed by atoms with E-state index < -0.39 is 23.3 Å². The van der Waals surface area contributed by atoms with E-state index in [2.05, 4.69) is 15.0 Å². The fraction of sp³-hybridized carbons (Fsp3) is 0.387. The van der Waals surface area contributed by atoms with E-state index in [-0.39, 0.29) is 45.8 Å². The van der Waals surface area contributed by atoms with Crippen molar-refractivity contribution in [2.24, 2.45) is 0 Å². The highest BCUT2D eigenvalue weighted by molar-refractivity contribution is 6.34. The lowest BCUT2D eigenvalue weighted by Gasteiger charge is -2.41. The predicted octanol–water partition coefficient (Wildman–Crippen LogP) is 6.11. The minimum atomic E-state index is -0.806. The molecule has 44 heavy (non-hydrogen) atoms. The Hall–Kier alpha value is -4.32. The fourth-order valence-electron chi connectivity index (χ4n) is 5.20. The summed E-state index contributed by atoms with van der Waals surface area (Å²) in [6.07, 6.45) is 2.83. The Morgan fingerprint density at radius 1 is 1.11 bits per heavy atom. The summed E-state index contributed by atoms with van der Waals surface area (Å²) in [4.78, 5) is 36.2. The van der Waals surface area contributed by atoms with Crippen molar-refractivity contribution in [1.29, 1.82) is 0 Å². The zero-order chi connectivity index (χ0) is 31.8. The second-order valence-corrected chi connectivity index (χ2v) is 12.0. The maximum Gasteiger partial charge on any atom is 0.410 e. The molecule has 1 aliphatic heterocycles. The first kappa shape index (κ1) is 31.1. The van der Waals surface area contributed by atoms with Crippen molar-refractivity contribution in [2.45, 2.75) is 45.9 Å². The molecule has 1 atom stereocenters. The van der Waals surface area contributed by atoms with Crippen LogP contribution in [0.2, 0.25) is 5.02 Å². The quantitative estimate of drug-likeness (QED) is 0.251. The molecule has 1 amide bonds. The van der Waals surface area contributed by atoms with Crippen LogP contribution in [-0.2, 0) is 11.3 Å². The van der Waals surface area contributed by atoms with E-state index in [1.807, 2.05) is 32.6 Å². The van der Waals surface area contributed by atoms with Crippen LogP contribution in [0.25, 0.3) is 22.0 Å². The third-order valence-electron chi connectivity index (χ3n) is 7.18. The van der Waals surface area contributed by atoms with E-state index in [1.165, 1.54) is 25.3 Å². The minimum absolute atomic E-state index is 0.0220. The molecule has 1 saturated heterocycles. The normalized spacial score (nSPS) is 15.4. The molecular formula is C31H34ClF2N7O3. The summed E-state index contributed by atoms with van der Waals surface area (Å²) >= 11 is 6.68. The summed E-state index contributed by atoms with van der Waals surface area (Å²) in [5.41, 5.74) is -0.921. The van der Waals surface area contributed by atoms with E-state index in [0.717, 1.165) is 0 Å². The SMILES string of the molecule is COc1cccc(F)c1-c1c(Cl)cc2c(N3CCN(C(=O)OC(C)(C)C)[C@H](C)C3)nc(CN(C)c3ncccn3)nc2c1F. The average molecular weight is 626 g/mol. The topological polar surface area (TPSA) is 96.8 Å². The molecule has 1 aliphatic rings. The van der Waals surface area contributed by atoms with Crippen LogP contribution in [0, 0.1) is 11.6 Å². The van der Waals surface area contributed by atoms with E-state index in [9.17, 15) is 4.79 Å². The van der Waals surface area contributed by atoms with Crippen LogP contribution in [0.4, 0.5) is 25.3 Å². The van der Waals surface area contributed by atoms with Crippen molar-refractivity contribution in [2.75, 3.05) is 43.6 Å². The van der Waals surface area contributed by atoms with Gasteiger partial charge in [-0.1, -0.05) is 17.7 Å². The fourth-order valence-corrected chi connectivity index (χ4v) is 5.48. The Labute approximate surface area is 259 Å². The summed E-state index contributed by atoms with van der Waals surface area (Å²) in [7, 11) is 3.15. The lowest BCUT2D eigenvalue weighted by atomic mass is 10.0. The summed E-state index contributed by atoms with van der Waals surface area (Å²) in [6.45, 7) is 8.68. The van der Waals surface area contributed by atoms with Gasteiger partial charge in [0.1, 0.15) is 28.5 Å². The van der Waals surface area contributed by atoms with Gasteiger partial charge in [0.25, 0.3) is 0 Å². The Bertz CT molecular complexity index is 1690. The maximum absolute atomic E-state index is 16.6. The van der Waals surface area contributed by atoms with Crippen molar-refractivity contribution < 1.29 is 23.0 Å². The van der Waals surface area contributed by atoms with Gasteiger partial charge in [-0.3, -0.25) is 0 Å². The Kier molecular flexibility index (Phi) is 8.73. The molecule has 1 fully saturated rings. The maximum atomic E-state index is 16.6. The number of rotatable bonds is 6. The number of fused-ring (bicyclic) bond motifs is 1. The molecule has 2 aromatic heterocycles. The summed E-state index contributed by atoms with van der Waals surface area (Å²) < 4.78 is 42.7. The van der Waals surface area contributed by atoms with Gasteiger partial charge in [0.05, 0.1) is 24.2 Å². The van der Waals surface area contributed by atoms with Crippen LogP contribution in [0.3, 0.4) is 0 Å². The molecule has 5 rings (SSSR count). The van der Waals surface area contributed by atoms with Gasteiger partial charge in [-0.05, 0) is 52.0 Å². The Balaban J connectivity index is 1.62. The number of amides is 1. The number of carbonyl (C=O) groups is 1. The van der Waals surface area contributed by atoms with Gasteiger partial charge in [0.15, 0.2) is 11.6 Å². The predicted molar refractivity (Wildman–Crippen MR) is 165 cm³/mol. The third kappa shape index (κ3) is 6.30. The third-order valence-corrected chi connectivity index (χ3v) is 7.48. The van der Waals surface area contributed by atoms with E-state index in [1.54, 1.807) is 41.4 Å². The van der Waals surface area contributed by atoms with Gasteiger partial charge in [-0.25, -0.2) is 33.5 Å². The number of halogens is 3. The molecule has 0 bridgehead atoms. The standard InChI is InChI=1S/C31H34ClF2N7O3/c1-18-16-40(13-14-41(18)30(42)44-31(2,3)4)28-19-15-20(32)24(25-21(33)9-7-10-22(25)43-6)26(34)27(19)37-23(38-28)17-39(5)29-35-11-8-12-36-29/h7-12,15,18H,13-14,16-17H2,1-6H3/t18-/m1/s1. The minimum Gasteiger partial charge on any atom is -0.496 e. The average Bonchev–Trinajstić information content (AvgIpc) is 2.97. The number of aromatic nitrogens is 4. The molecule has 2 aromatic carbocycles. The first-order chi connectivity index (χ1) is 20.9. The summed E-state index contributed by atoms with van der Waals surface area (Å²) in [5.74, 6) is -0.196. The lowest BCUT2D eigenvalue weighted by molar-refractivity contribution is 0.0158. The van der Waals surface area contributed by atoms with Gasteiger partial charge in [-0.2, -0.15) is 0 Å².